The molecule has 1 fully saturated rings. The maximum absolute atomic E-state index is 3.40. The average Bonchev–Trinajstić information content (AvgIpc) is 2.66. The zero-order chi connectivity index (χ0) is 11.4. The minimum atomic E-state index is 0.774. The van der Waals surface area contributed by atoms with Crippen molar-refractivity contribution in [2.75, 3.05) is 32.7 Å². The summed E-state index contributed by atoms with van der Waals surface area (Å²) in [6, 6.07) is 2.23. The molecule has 0 spiro atoms. The van der Waals surface area contributed by atoms with Gasteiger partial charge in [0.15, 0.2) is 0 Å². The van der Waals surface area contributed by atoms with Crippen LogP contribution in [0.25, 0.3) is 0 Å². The summed E-state index contributed by atoms with van der Waals surface area (Å²) in [5, 5.41) is 5.61. The van der Waals surface area contributed by atoms with E-state index in [0.717, 1.165) is 19.0 Å². The first-order chi connectivity index (χ1) is 7.75. The molecule has 16 heavy (non-hydrogen) atoms. The van der Waals surface area contributed by atoms with Crippen molar-refractivity contribution >= 4 is 11.3 Å². The van der Waals surface area contributed by atoms with Crippen molar-refractivity contribution in [1.82, 2.24) is 10.2 Å². The van der Waals surface area contributed by atoms with Crippen LogP contribution < -0.4 is 5.32 Å². The van der Waals surface area contributed by atoms with E-state index in [2.05, 4.69) is 35.5 Å². The molecule has 2 rings (SSSR count). The molecular weight excluding hydrogens is 216 g/mol. The molecule has 0 saturated carbocycles. The van der Waals surface area contributed by atoms with Crippen LogP contribution in [0.3, 0.4) is 0 Å². The second-order valence-electron chi connectivity index (χ2n) is 4.89. The molecule has 0 aromatic carbocycles. The number of thiophene rings is 1. The van der Waals surface area contributed by atoms with Crippen LogP contribution >= 0.6 is 11.3 Å². The normalized spacial score (nSPS) is 19.9. The highest BCUT2D eigenvalue weighted by atomic mass is 32.1. The molecule has 1 aliphatic rings. The Morgan fingerprint density at radius 1 is 1.44 bits per heavy atom. The van der Waals surface area contributed by atoms with Gasteiger partial charge in [-0.05, 0) is 36.3 Å². The molecule has 0 aliphatic carbocycles. The topological polar surface area (TPSA) is 15.3 Å². The van der Waals surface area contributed by atoms with Gasteiger partial charge in [0.05, 0.1) is 0 Å². The Kier molecular flexibility index (Phi) is 4.38. The van der Waals surface area contributed by atoms with Crippen molar-refractivity contribution in [2.45, 2.75) is 20.3 Å². The largest absolute Gasteiger partial charge is 0.314 e. The molecule has 1 saturated heterocycles. The number of hydrogen-bond acceptors (Lipinski definition) is 3. The lowest BCUT2D eigenvalue weighted by Crippen LogP contribution is -2.45. The van der Waals surface area contributed by atoms with E-state index in [-0.39, 0.29) is 0 Å². The quantitative estimate of drug-likeness (QED) is 0.864. The number of aryl methyl sites for hydroxylation is 1. The Hall–Kier alpha value is -0.380. The zero-order valence-electron chi connectivity index (χ0n) is 10.3. The van der Waals surface area contributed by atoms with Gasteiger partial charge in [-0.1, -0.05) is 6.92 Å². The summed E-state index contributed by atoms with van der Waals surface area (Å²) < 4.78 is 0. The fourth-order valence-electron chi connectivity index (χ4n) is 2.33. The van der Waals surface area contributed by atoms with Crippen molar-refractivity contribution in [3.8, 4) is 0 Å². The van der Waals surface area contributed by atoms with Gasteiger partial charge >= 0.3 is 0 Å². The number of nitrogens with zero attached hydrogens (tertiary/aromatic N) is 1. The molecular formula is C13H22N2S. The van der Waals surface area contributed by atoms with Crippen molar-refractivity contribution in [1.29, 1.82) is 0 Å². The monoisotopic (exact) mass is 238 g/mol. The first-order valence-corrected chi connectivity index (χ1v) is 7.09. The minimum Gasteiger partial charge on any atom is -0.314 e. The number of piperazine rings is 1. The van der Waals surface area contributed by atoms with Gasteiger partial charge in [0.2, 0.25) is 0 Å². The van der Waals surface area contributed by atoms with Crippen LogP contribution in [-0.2, 0) is 6.42 Å². The van der Waals surface area contributed by atoms with Crippen LogP contribution in [0.2, 0.25) is 0 Å². The summed E-state index contributed by atoms with van der Waals surface area (Å²) in [5.41, 5.74) is 1.47. The van der Waals surface area contributed by atoms with Gasteiger partial charge in [-0.3, -0.25) is 0 Å². The number of rotatable bonds is 4. The van der Waals surface area contributed by atoms with Gasteiger partial charge in [-0.15, -0.1) is 11.3 Å². The lowest BCUT2D eigenvalue weighted by molar-refractivity contribution is 0.211. The van der Waals surface area contributed by atoms with Gasteiger partial charge < -0.3 is 10.2 Å². The molecule has 1 aromatic rings. The highest BCUT2D eigenvalue weighted by Crippen LogP contribution is 2.20. The number of hydrogen-bond donors (Lipinski definition) is 1. The third-order valence-corrected chi connectivity index (χ3v) is 4.33. The van der Waals surface area contributed by atoms with E-state index in [4.69, 9.17) is 0 Å². The molecule has 1 unspecified atom stereocenters. The van der Waals surface area contributed by atoms with Gasteiger partial charge in [-0.2, -0.15) is 0 Å². The van der Waals surface area contributed by atoms with Gasteiger partial charge in [0.25, 0.3) is 0 Å². The highest BCUT2D eigenvalue weighted by molar-refractivity contribution is 7.10. The van der Waals surface area contributed by atoms with Crippen molar-refractivity contribution in [2.24, 2.45) is 5.92 Å². The molecule has 2 nitrogen and oxygen atoms in total. The molecule has 1 aliphatic heterocycles. The Bertz CT molecular complexity index is 315. The molecule has 2 heterocycles. The maximum atomic E-state index is 3.40. The van der Waals surface area contributed by atoms with Crippen molar-refractivity contribution in [3.05, 3.63) is 21.9 Å². The molecule has 0 radical (unpaired) electrons. The smallest absolute Gasteiger partial charge is 0.0107 e. The molecule has 3 heteroatoms. The van der Waals surface area contributed by atoms with Gasteiger partial charge in [0, 0.05) is 37.6 Å². The van der Waals surface area contributed by atoms with Crippen molar-refractivity contribution in [3.63, 3.8) is 0 Å². The van der Waals surface area contributed by atoms with Crippen LogP contribution in [-0.4, -0.2) is 37.6 Å². The van der Waals surface area contributed by atoms with E-state index >= 15 is 0 Å². The predicted octanol–water partition coefficient (Wildman–Crippen LogP) is 2.14. The second-order valence-corrected chi connectivity index (χ2v) is 5.89. The molecule has 0 bridgehead atoms. The van der Waals surface area contributed by atoms with E-state index in [1.54, 1.807) is 4.88 Å². The van der Waals surface area contributed by atoms with E-state index in [1.807, 2.05) is 11.3 Å². The lowest BCUT2D eigenvalue weighted by Gasteiger charge is -2.29. The second kappa shape index (κ2) is 5.80. The predicted molar refractivity (Wildman–Crippen MR) is 71.2 cm³/mol. The molecule has 1 N–H and O–H groups in total. The van der Waals surface area contributed by atoms with Crippen LogP contribution in [0.15, 0.2) is 11.4 Å². The summed E-state index contributed by atoms with van der Waals surface area (Å²) in [5.74, 6) is 0.774. The third-order valence-electron chi connectivity index (χ3n) is 3.28. The first kappa shape index (κ1) is 12.1. The van der Waals surface area contributed by atoms with E-state index in [0.29, 0.717) is 0 Å². The van der Waals surface area contributed by atoms with E-state index in [1.165, 1.54) is 31.6 Å². The summed E-state index contributed by atoms with van der Waals surface area (Å²) >= 11 is 1.91. The van der Waals surface area contributed by atoms with Crippen LogP contribution in [0.4, 0.5) is 0 Å². The SMILES string of the molecule is Cc1ccsc1CC(C)CN1CCNCC1. The first-order valence-electron chi connectivity index (χ1n) is 6.22. The summed E-state index contributed by atoms with van der Waals surface area (Å²) in [6.07, 6.45) is 1.24. The molecule has 1 aromatic heterocycles. The summed E-state index contributed by atoms with van der Waals surface area (Å²) in [4.78, 5) is 4.16. The number of nitrogens with one attached hydrogen (secondary N) is 1. The van der Waals surface area contributed by atoms with E-state index in [9.17, 15) is 0 Å². The summed E-state index contributed by atoms with van der Waals surface area (Å²) in [6.45, 7) is 10.6. The Morgan fingerprint density at radius 2 is 2.19 bits per heavy atom. The fraction of sp³-hybridized carbons (Fsp3) is 0.692. The summed E-state index contributed by atoms with van der Waals surface area (Å²) in [7, 11) is 0. The molecule has 0 amide bonds. The molecule has 1 atom stereocenters. The van der Waals surface area contributed by atoms with E-state index < -0.39 is 0 Å². The standard InChI is InChI=1S/C13H22N2S/c1-11(9-13-12(2)3-8-16-13)10-15-6-4-14-5-7-15/h3,8,11,14H,4-7,9-10H2,1-2H3. The van der Waals surface area contributed by atoms with Crippen LogP contribution in [0.5, 0.6) is 0 Å². The van der Waals surface area contributed by atoms with Crippen LogP contribution in [0.1, 0.15) is 17.4 Å². The minimum absolute atomic E-state index is 0.774. The average molecular weight is 238 g/mol. The maximum Gasteiger partial charge on any atom is 0.0107 e. The third kappa shape index (κ3) is 3.30. The lowest BCUT2D eigenvalue weighted by atomic mass is 10.0. The Labute approximate surface area is 103 Å². The zero-order valence-corrected chi connectivity index (χ0v) is 11.1. The Balaban J connectivity index is 1.79. The highest BCUT2D eigenvalue weighted by Gasteiger charge is 2.14. The van der Waals surface area contributed by atoms with Crippen LogP contribution in [0, 0.1) is 12.8 Å². The molecule has 90 valence electrons. The fourth-order valence-corrected chi connectivity index (χ4v) is 3.40. The van der Waals surface area contributed by atoms with Gasteiger partial charge in [-0.25, -0.2) is 0 Å². The van der Waals surface area contributed by atoms with Gasteiger partial charge in [0.1, 0.15) is 0 Å². The Morgan fingerprint density at radius 3 is 2.81 bits per heavy atom. The van der Waals surface area contributed by atoms with Crippen molar-refractivity contribution < 1.29 is 0 Å².